The number of benzene rings is 1. The third-order valence-corrected chi connectivity index (χ3v) is 4.96. The number of aromatic nitrogens is 1. The van der Waals surface area contributed by atoms with E-state index in [1.165, 1.54) is 23.9 Å². The Balaban J connectivity index is 1.97. The van der Waals surface area contributed by atoms with Crippen molar-refractivity contribution in [1.29, 1.82) is 5.26 Å². The van der Waals surface area contributed by atoms with E-state index in [2.05, 4.69) is 16.4 Å². The van der Waals surface area contributed by atoms with E-state index in [0.717, 1.165) is 5.69 Å². The molecule has 0 radical (unpaired) electrons. The van der Waals surface area contributed by atoms with Gasteiger partial charge in [-0.05, 0) is 36.2 Å². The Morgan fingerprint density at radius 3 is 2.70 bits per heavy atom. The standard InChI is InChI=1S/C19H18ClN3O3S/c1-11(2)16-6-3-12(10-21)18(23-16)27-8-7-17(24)22-13-4-5-15(20)14(9-13)19(25)26/h3-6,9,11H,7-8H2,1-2H3,(H,22,24)(H,25,26). The van der Waals surface area contributed by atoms with E-state index in [1.807, 2.05) is 19.9 Å². The Morgan fingerprint density at radius 2 is 2.07 bits per heavy atom. The number of rotatable bonds is 7. The summed E-state index contributed by atoms with van der Waals surface area (Å²) in [4.78, 5) is 27.7. The molecule has 0 saturated carbocycles. The normalized spacial score (nSPS) is 10.5. The lowest BCUT2D eigenvalue weighted by Gasteiger charge is -2.09. The molecule has 0 aliphatic rings. The maximum absolute atomic E-state index is 12.1. The highest BCUT2D eigenvalue weighted by molar-refractivity contribution is 7.99. The first-order valence-electron chi connectivity index (χ1n) is 8.18. The van der Waals surface area contributed by atoms with Crippen molar-refractivity contribution >= 4 is 40.9 Å². The molecule has 6 nitrogen and oxygen atoms in total. The Labute approximate surface area is 166 Å². The van der Waals surface area contributed by atoms with Crippen LogP contribution in [0.1, 0.15) is 47.8 Å². The van der Waals surface area contributed by atoms with Gasteiger partial charge in [-0.1, -0.05) is 25.4 Å². The number of thioether (sulfide) groups is 1. The summed E-state index contributed by atoms with van der Waals surface area (Å²) < 4.78 is 0. The van der Waals surface area contributed by atoms with Crippen LogP contribution in [0.3, 0.4) is 0 Å². The smallest absolute Gasteiger partial charge is 0.337 e. The van der Waals surface area contributed by atoms with Crippen molar-refractivity contribution in [2.45, 2.75) is 31.2 Å². The average molecular weight is 404 g/mol. The average Bonchev–Trinajstić information content (AvgIpc) is 2.62. The molecule has 2 aromatic rings. The third kappa shape index (κ3) is 5.71. The maximum atomic E-state index is 12.1. The van der Waals surface area contributed by atoms with Crippen LogP contribution in [0.4, 0.5) is 5.69 Å². The lowest BCUT2D eigenvalue weighted by Crippen LogP contribution is -2.13. The Kier molecular flexibility index (Phi) is 7.22. The SMILES string of the molecule is CC(C)c1ccc(C#N)c(SCCC(=O)Nc2ccc(Cl)c(C(=O)O)c2)n1. The third-order valence-electron chi connectivity index (χ3n) is 3.64. The molecule has 0 atom stereocenters. The minimum Gasteiger partial charge on any atom is -0.478 e. The number of amides is 1. The molecule has 2 N–H and O–H groups in total. The van der Waals surface area contributed by atoms with Crippen LogP contribution in [-0.4, -0.2) is 27.7 Å². The van der Waals surface area contributed by atoms with Crippen molar-refractivity contribution in [3.05, 3.63) is 52.2 Å². The van der Waals surface area contributed by atoms with Gasteiger partial charge in [0, 0.05) is 23.6 Å². The molecule has 0 aliphatic heterocycles. The zero-order valence-electron chi connectivity index (χ0n) is 14.8. The summed E-state index contributed by atoms with van der Waals surface area (Å²) in [6.07, 6.45) is 0.189. The molecular weight excluding hydrogens is 386 g/mol. The van der Waals surface area contributed by atoms with Crippen LogP contribution in [0.25, 0.3) is 0 Å². The van der Waals surface area contributed by atoms with Crippen LogP contribution < -0.4 is 5.32 Å². The molecule has 0 fully saturated rings. The summed E-state index contributed by atoms with van der Waals surface area (Å²) in [5.74, 6) is -0.741. The van der Waals surface area contributed by atoms with Crippen molar-refractivity contribution in [2.24, 2.45) is 0 Å². The van der Waals surface area contributed by atoms with E-state index in [1.54, 1.807) is 12.1 Å². The van der Waals surface area contributed by atoms with Crippen molar-refractivity contribution in [1.82, 2.24) is 4.98 Å². The number of carboxylic acids is 1. The molecule has 0 unspecified atom stereocenters. The number of pyridine rings is 1. The lowest BCUT2D eigenvalue weighted by molar-refractivity contribution is -0.115. The van der Waals surface area contributed by atoms with Crippen LogP contribution in [0.15, 0.2) is 35.4 Å². The van der Waals surface area contributed by atoms with Crippen molar-refractivity contribution < 1.29 is 14.7 Å². The number of carboxylic acid groups (broad SMARTS) is 1. The number of halogens is 1. The molecule has 140 valence electrons. The first kappa shape index (κ1) is 20.7. The van der Waals surface area contributed by atoms with Crippen molar-refractivity contribution in [2.75, 3.05) is 11.1 Å². The number of nitriles is 1. The van der Waals surface area contributed by atoms with E-state index in [0.29, 0.717) is 22.0 Å². The Bertz CT molecular complexity index is 910. The van der Waals surface area contributed by atoms with Crippen LogP contribution >= 0.6 is 23.4 Å². The lowest BCUT2D eigenvalue weighted by atomic mass is 10.1. The number of hydrogen-bond acceptors (Lipinski definition) is 5. The molecule has 27 heavy (non-hydrogen) atoms. The molecule has 1 amide bonds. The highest BCUT2D eigenvalue weighted by Crippen LogP contribution is 2.24. The number of nitrogens with zero attached hydrogens (tertiary/aromatic N) is 2. The predicted molar refractivity (Wildman–Crippen MR) is 105 cm³/mol. The van der Waals surface area contributed by atoms with Gasteiger partial charge in [0.2, 0.25) is 5.91 Å². The summed E-state index contributed by atoms with van der Waals surface area (Å²) in [7, 11) is 0. The van der Waals surface area contributed by atoms with E-state index >= 15 is 0 Å². The zero-order chi connectivity index (χ0) is 20.0. The van der Waals surface area contributed by atoms with E-state index in [9.17, 15) is 14.9 Å². The number of carbonyl (C=O) groups excluding carboxylic acids is 1. The topological polar surface area (TPSA) is 103 Å². The van der Waals surface area contributed by atoms with Gasteiger partial charge in [-0.3, -0.25) is 4.79 Å². The van der Waals surface area contributed by atoms with Crippen molar-refractivity contribution in [3.63, 3.8) is 0 Å². The molecule has 8 heteroatoms. The molecule has 1 aromatic carbocycles. The molecule has 1 heterocycles. The summed E-state index contributed by atoms with van der Waals surface area (Å²) in [5.41, 5.74) is 1.67. The molecule has 0 aliphatic carbocycles. The Hall–Kier alpha value is -2.56. The number of nitrogens with one attached hydrogen (secondary N) is 1. The monoisotopic (exact) mass is 403 g/mol. The molecule has 1 aromatic heterocycles. The number of anilines is 1. The first-order valence-corrected chi connectivity index (χ1v) is 9.54. The van der Waals surface area contributed by atoms with Gasteiger partial charge < -0.3 is 10.4 Å². The van der Waals surface area contributed by atoms with Crippen LogP contribution in [0, 0.1) is 11.3 Å². The molecule has 2 rings (SSSR count). The number of aromatic carboxylic acids is 1. The van der Waals surface area contributed by atoms with Gasteiger partial charge in [-0.15, -0.1) is 11.8 Å². The summed E-state index contributed by atoms with van der Waals surface area (Å²) >= 11 is 7.16. The minimum atomic E-state index is -1.16. The quantitative estimate of drug-likeness (QED) is 0.657. The highest BCUT2D eigenvalue weighted by Gasteiger charge is 2.12. The molecule has 0 bridgehead atoms. The van der Waals surface area contributed by atoms with Gasteiger partial charge in [0.25, 0.3) is 0 Å². The second-order valence-electron chi connectivity index (χ2n) is 6.00. The van der Waals surface area contributed by atoms with Crippen LogP contribution in [-0.2, 0) is 4.79 Å². The maximum Gasteiger partial charge on any atom is 0.337 e. The molecule has 0 saturated heterocycles. The minimum absolute atomic E-state index is 0.0720. The fourth-order valence-electron chi connectivity index (χ4n) is 2.20. The van der Waals surface area contributed by atoms with Gasteiger partial charge in [0.15, 0.2) is 0 Å². The Morgan fingerprint density at radius 1 is 1.33 bits per heavy atom. The summed E-state index contributed by atoms with van der Waals surface area (Å²) in [6, 6.07) is 9.97. The van der Waals surface area contributed by atoms with Gasteiger partial charge in [0.05, 0.1) is 16.1 Å². The van der Waals surface area contributed by atoms with Crippen molar-refractivity contribution in [3.8, 4) is 6.07 Å². The summed E-state index contributed by atoms with van der Waals surface area (Å²) in [5, 5.41) is 21.6. The summed E-state index contributed by atoms with van der Waals surface area (Å²) in [6.45, 7) is 4.04. The van der Waals surface area contributed by atoms with E-state index in [4.69, 9.17) is 16.7 Å². The van der Waals surface area contributed by atoms with Gasteiger partial charge in [-0.25, -0.2) is 9.78 Å². The van der Waals surface area contributed by atoms with Crippen LogP contribution in [0.5, 0.6) is 0 Å². The zero-order valence-corrected chi connectivity index (χ0v) is 16.4. The highest BCUT2D eigenvalue weighted by atomic mass is 35.5. The van der Waals surface area contributed by atoms with Gasteiger partial charge >= 0.3 is 5.97 Å². The van der Waals surface area contributed by atoms with Gasteiger partial charge in [-0.2, -0.15) is 5.26 Å². The second kappa shape index (κ2) is 9.40. The second-order valence-corrected chi connectivity index (χ2v) is 7.49. The molecular formula is C19H18ClN3O3S. The van der Waals surface area contributed by atoms with E-state index in [-0.39, 0.29) is 28.8 Å². The number of hydrogen-bond donors (Lipinski definition) is 2. The number of carbonyl (C=O) groups is 2. The fraction of sp³-hybridized carbons (Fsp3) is 0.263. The van der Waals surface area contributed by atoms with Crippen LogP contribution in [0.2, 0.25) is 5.02 Å². The largest absolute Gasteiger partial charge is 0.478 e. The predicted octanol–water partition coefficient (Wildman–Crippen LogP) is 4.55. The first-order chi connectivity index (χ1) is 12.8. The van der Waals surface area contributed by atoms with Gasteiger partial charge in [0.1, 0.15) is 11.1 Å². The van der Waals surface area contributed by atoms with E-state index < -0.39 is 5.97 Å². The fourth-order valence-corrected chi connectivity index (χ4v) is 3.32. The molecule has 0 spiro atoms.